The van der Waals surface area contributed by atoms with Crippen molar-refractivity contribution in [2.75, 3.05) is 24.2 Å². The maximum absolute atomic E-state index is 11.6. The summed E-state index contributed by atoms with van der Waals surface area (Å²) < 4.78 is 0. The first-order valence-electron chi connectivity index (χ1n) is 5.88. The first-order chi connectivity index (χ1) is 10.0. The van der Waals surface area contributed by atoms with Gasteiger partial charge in [-0.2, -0.15) is 17.6 Å². The van der Waals surface area contributed by atoms with E-state index in [1.54, 1.807) is 6.92 Å². The van der Waals surface area contributed by atoms with Crippen molar-refractivity contribution in [3.8, 4) is 5.88 Å². The van der Waals surface area contributed by atoms with Crippen molar-refractivity contribution in [2.24, 2.45) is 10.2 Å². The summed E-state index contributed by atoms with van der Waals surface area (Å²) in [5, 5.41) is 25.8. The molecule has 2 rings (SSSR count). The predicted molar refractivity (Wildman–Crippen MR) is 82.5 cm³/mol. The smallest absolute Gasteiger partial charge is 0.282 e. The molecule has 0 aliphatic rings. The molecule has 0 aliphatic carbocycles. The fraction of sp³-hybridized carbons (Fsp3) is 0.400. The summed E-state index contributed by atoms with van der Waals surface area (Å²) in [5.74, 6) is 0.505. The molecule has 0 bridgehead atoms. The van der Waals surface area contributed by atoms with Crippen LogP contribution in [0, 0.1) is 6.92 Å². The normalized spacial score (nSPS) is 11.2. The van der Waals surface area contributed by atoms with Crippen LogP contribution in [-0.2, 0) is 0 Å². The summed E-state index contributed by atoms with van der Waals surface area (Å²) in [4.78, 5) is 19.6. The van der Waals surface area contributed by atoms with E-state index < -0.39 is 11.4 Å². The largest absolute Gasteiger partial charge is 0.492 e. The maximum atomic E-state index is 11.6. The van der Waals surface area contributed by atoms with E-state index in [0.717, 1.165) is 6.54 Å². The second-order valence-electron chi connectivity index (χ2n) is 4.04. The number of aryl methyl sites for hydroxylation is 1. The number of nitrogens with zero attached hydrogens (tertiary/aromatic N) is 6. The molecule has 0 amide bonds. The highest BCUT2D eigenvalue weighted by Gasteiger charge is 2.10. The zero-order chi connectivity index (χ0) is 15.4. The van der Waals surface area contributed by atoms with Crippen molar-refractivity contribution in [2.45, 2.75) is 6.92 Å². The van der Waals surface area contributed by atoms with Crippen molar-refractivity contribution in [1.82, 2.24) is 20.2 Å². The quantitative estimate of drug-likeness (QED) is 0.564. The van der Waals surface area contributed by atoms with E-state index in [9.17, 15) is 9.90 Å². The van der Waals surface area contributed by atoms with E-state index in [1.807, 2.05) is 11.9 Å². The number of H-pyrrole nitrogens is 1. The average Bonchev–Trinajstić information content (AvgIpc) is 2.86. The van der Waals surface area contributed by atoms with Crippen LogP contribution < -0.4 is 10.5 Å². The molecule has 9 nitrogen and oxygen atoms in total. The second kappa shape index (κ2) is 6.63. The Morgan fingerprint density at radius 3 is 2.86 bits per heavy atom. The summed E-state index contributed by atoms with van der Waals surface area (Å²) in [7, 11) is 1.86. The third kappa shape index (κ3) is 3.76. The molecular formula is C10H13N7O2S2. The number of azo groups is 1. The van der Waals surface area contributed by atoms with Gasteiger partial charge in [0.2, 0.25) is 16.7 Å². The van der Waals surface area contributed by atoms with Crippen molar-refractivity contribution in [3.63, 3.8) is 0 Å². The summed E-state index contributed by atoms with van der Waals surface area (Å²) in [6.45, 7) is 2.27. The number of hydrogen-bond donors (Lipinski definition) is 3. The van der Waals surface area contributed by atoms with Gasteiger partial charge in [-0.3, -0.25) is 4.79 Å². The molecule has 0 radical (unpaired) electrons. The molecule has 0 aliphatic heterocycles. The molecule has 0 saturated carbocycles. The lowest BCUT2D eigenvalue weighted by molar-refractivity contribution is 0.450. The molecule has 2 aromatic rings. The number of thiol groups is 1. The Labute approximate surface area is 129 Å². The van der Waals surface area contributed by atoms with Gasteiger partial charge in [-0.05, 0) is 6.92 Å². The predicted octanol–water partition coefficient (Wildman–Crippen LogP) is 1.42. The van der Waals surface area contributed by atoms with Gasteiger partial charge in [-0.15, -0.1) is 20.4 Å². The van der Waals surface area contributed by atoms with E-state index in [-0.39, 0.29) is 10.8 Å². The van der Waals surface area contributed by atoms with Crippen LogP contribution in [0.4, 0.5) is 16.0 Å². The summed E-state index contributed by atoms with van der Waals surface area (Å²) in [6, 6.07) is 0. The molecule has 11 heteroatoms. The van der Waals surface area contributed by atoms with Gasteiger partial charge < -0.3 is 15.0 Å². The Bertz CT molecular complexity index is 712. The minimum Gasteiger partial charge on any atom is -0.492 e. The lowest BCUT2D eigenvalue weighted by Crippen LogP contribution is -2.19. The van der Waals surface area contributed by atoms with Crippen LogP contribution >= 0.6 is 24.0 Å². The Morgan fingerprint density at radius 2 is 2.19 bits per heavy atom. The van der Waals surface area contributed by atoms with Gasteiger partial charge in [-0.25, -0.2) is 0 Å². The van der Waals surface area contributed by atoms with E-state index in [1.165, 1.54) is 11.3 Å². The van der Waals surface area contributed by atoms with Gasteiger partial charge in [0.15, 0.2) is 0 Å². The molecular weight excluding hydrogens is 314 g/mol. The van der Waals surface area contributed by atoms with Crippen LogP contribution in [0.25, 0.3) is 0 Å². The molecule has 2 N–H and O–H groups in total. The molecule has 0 fully saturated rings. The van der Waals surface area contributed by atoms with Crippen molar-refractivity contribution < 1.29 is 5.11 Å². The van der Waals surface area contributed by atoms with Crippen molar-refractivity contribution >= 4 is 39.9 Å². The lowest BCUT2D eigenvalue weighted by Gasteiger charge is -2.11. The van der Waals surface area contributed by atoms with Crippen LogP contribution in [0.1, 0.15) is 5.82 Å². The van der Waals surface area contributed by atoms with Crippen LogP contribution in [0.2, 0.25) is 0 Å². The van der Waals surface area contributed by atoms with Gasteiger partial charge in [0.25, 0.3) is 10.7 Å². The first-order valence-corrected chi connectivity index (χ1v) is 7.33. The Balaban J connectivity index is 2.21. The van der Waals surface area contributed by atoms with Crippen LogP contribution in [0.15, 0.2) is 15.0 Å². The number of anilines is 1. The van der Waals surface area contributed by atoms with Gasteiger partial charge in [0.05, 0.1) is 0 Å². The zero-order valence-electron chi connectivity index (χ0n) is 11.3. The maximum Gasteiger partial charge on any atom is 0.282 e. The average molecular weight is 327 g/mol. The molecule has 112 valence electrons. The highest BCUT2D eigenvalue weighted by Crippen LogP contribution is 2.27. The molecule has 0 aromatic carbocycles. The summed E-state index contributed by atoms with van der Waals surface area (Å²) in [5.41, 5.74) is -0.832. The number of aromatic hydroxyl groups is 1. The van der Waals surface area contributed by atoms with Gasteiger partial charge in [0, 0.05) is 19.3 Å². The third-order valence-corrected chi connectivity index (χ3v) is 3.52. The minimum absolute atomic E-state index is 0.263. The number of rotatable bonds is 5. The van der Waals surface area contributed by atoms with Crippen molar-refractivity contribution in [1.29, 1.82) is 0 Å². The van der Waals surface area contributed by atoms with Gasteiger partial charge in [0.1, 0.15) is 5.82 Å². The number of aromatic nitrogens is 4. The van der Waals surface area contributed by atoms with E-state index in [0.29, 0.717) is 16.7 Å². The van der Waals surface area contributed by atoms with Gasteiger partial charge >= 0.3 is 0 Å². The molecule has 2 aromatic heterocycles. The monoisotopic (exact) mass is 327 g/mol. The van der Waals surface area contributed by atoms with Crippen LogP contribution in [0.5, 0.6) is 5.88 Å². The first kappa shape index (κ1) is 15.4. The number of hydrogen-bond acceptors (Lipinski definition) is 10. The molecule has 0 spiro atoms. The van der Waals surface area contributed by atoms with Crippen molar-refractivity contribution in [3.05, 3.63) is 16.2 Å². The number of aromatic amines is 1. The van der Waals surface area contributed by atoms with E-state index in [4.69, 9.17) is 0 Å². The Hall–Kier alpha value is -2.01. The fourth-order valence-corrected chi connectivity index (χ4v) is 2.35. The highest BCUT2D eigenvalue weighted by molar-refractivity contribution is 7.80. The molecule has 2 heterocycles. The second-order valence-corrected chi connectivity index (χ2v) is 5.42. The highest BCUT2D eigenvalue weighted by atomic mass is 32.1. The fourth-order valence-electron chi connectivity index (χ4n) is 1.40. The zero-order valence-corrected chi connectivity index (χ0v) is 13.0. The standard InChI is InChI=1S/C10H13N7O2S2/c1-5-11-7(18)6(8(19)12-5)13-14-9-15-16-10(21-9)17(2)3-4-20/h20H,3-4H2,1-2H3,(H2,11,12,18,19). The molecule has 0 saturated heterocycles. The molecule has 0 atom stereocenters. The summed E-state index contributed by atoms with van der Waals surface area (Å²) >= 11 is 5.35. The lowest BCUT2D eigenvalue weighted by atomic mass is 10.5. The molecule has 21 heavy (non-hydrogen) atoms. The van der Waals surface area contributed by atoms with Gasteiger partial charge in [-0.1, -0.05) is 11.3 Å². The topological polar surface area (TPSA) is 120 Å². The SMILES string of the molecule is Cc1nc(O)c(N=Nc2nnc(N(C)CCS)s2)c(=O)[nH]1. The van der Waals surface area contributed by atoms with Crippen LogP contribution in [0.3, 0.4) is 0 Å². The minimum atomic E-state index is -0.569. The Kier molecular flexibility index (Phi) is 4.85. The van der Waals surface area contributed by atoms with E-state index >= 15 is 0 Å². The van der Waals surface area contributed by atoms with E-state index in [2.05, 4.69) is 43.0 Å². The Morgan fingerprint density at radius 1 is 1.43 bits per heavy atom. The molecule has 0 unspecified atom stereocenters. The number of nitrogens with one attached hydrogen (secondary N) is 1. The third-order valence-electron chi connectivity index (χ3n) is 2.40. The van der Waals surface area contributed by atoms with Crippen LogP contribution in [-0.4, -0.2) is 44.6 Å². The summed E-state index contributed by atoms with van der Waals surface area (Å²) in [6.07, 6.45) is 0.